The Morgan fingerprint density at radius 1 is 1.20 bits per heavy atom. The second-order valence-electron chi connectivity index (χ2n) is 5.75. The molecule has 102 valence electrons. The van der Waals surface area contributed by atoms with Crippen LogP contribution >= 0.6 is 0 Å². The molecule has 4 nitrogen and oxygen atoms in total. The number of nitrogens with zero attached hydrogens (tertiary/aromatic N) is 1. The fraction of sp³-hybridized carbons (Fsp3) is 0.375. The molecule has 0 amide bonds. The van der Waals surface area contributed by atoms with E-state index in [0.717, 1.165) is 19.3 Å². The van der Waals surface area contributed by atoms with Crippen molar-refractivity contribution in [1.82, 2.24) is 5.16 Å². The average molecular weight is 269 g/mol. The molecule has 2 aliphatic carbocycles. The van der Waals surface area contributed by atoms with E-state index in [4.69, 9.17) is 4.52 Å². The third-order valence-corrected chi connectivity index (χ3v) is 4.28. The van der Waals surface area contributed by atoms with Crippen LogP contribution in [0.4, 0.5) is 0 Å². The zero-order valence-corrected chi connectivity index (χ0v) is 11.0. The first-order chi connectivity index (χ1) is 9.75. The standard InChI is InChI=1S/C16H15NO3/c18-16(19)13-14(17-20-15(13)10-6-7-10)12-8-11(12)9-4-2-1-3-5-9/h1-5,10-12H,6-8H2,(H,18,19). The minimum atomic E-state index is -0.901. The Bertz CT molecular complexity index is 658. The highest BCUT2D eigenvalue weighted by Crippen LogP contribution is 2.56. The lowest BCUT2D eigenvalue weighted by atomic mass is 10.0. The van der Waals surface area contributed by atoms with Crippen molar-refractivity contribution < 1.29 is 14.4 Å². The maximum atomic E-state index is 11.5. The summed E-state index contributed by atoms with van der Waals surface area (Å²) in [5, 5.41) is 13.5. The van der Waals surface area contributed by atoms with Crippen LogP contribution in [0.2, 0.25) is 0 Å². The molecule has 20 heavy (non-hydrogen) atoms. The van der Waals surface area contributed by atoms with Crippen LogP contribution in [0.3, 0.4) is 0 Å². The SMILES string of the molecule is O=C(O)c1c(C2CC2c2ccccc2)noc1C1CC1. The Hall–Kier alpha value is -2.10. The molecule has 2 saturated carbocycles. The van der Waals surface area contributed by atoms with E-state index in [0.29, 0.717) is 22.9 Å². The molecular weight excluding hydrogens is 254 g/mol. The Morgan fingerprint density at radius 2 is 1.95 bits per heavy atom. The smallest absolute Gasteiger partial charge is 0.341 e. The lowest BCUT2D eigenvalue weighted by Crippen LogP contribution is -2.02. The predicted octanol–water partition coefficient (Wildman–Crippen LogP) is 3.52. The molecule has 0 saturated heterocycles. The number of aromatic nitrogens is 1. The fourth-order valence-corrected chi connectivity index (χ4v) is 2.97. The van der Waals surface area contributed by atoms with E-state index in [1.165, 1.54) is 5.56 Å². The zero-order chi connectivity index (χ0) is 13.7. The molecule has 0 spiro atoms. The molecule has 0 bridgehead atoms. The number of hydrogen-bond acceptors (Lipinski definition) is 3. The third-order valence-electron chi connectivity index (χ3n) is 4.28. The number of aromatic carboxylic acids is 1. The van der Waals surface area contributed by atoms with Crippen LogP contribution in [0.5, 0.6) is 0 Å². The van der Waals surface area contributed by atoms with Crippen molar-refractivity contribution in [2.75, 3.05) is 0 Å². The van der Waals surface area contributed by atoms with Gasteiger partial charge in [-0.05, 0) is 30.7 Å². The Kier molecular flexibility index (Phi) is 2.46. The summed E-state index contributed by atoms with van der Waals surface area (Å²) < 4.78 is 5.34. The van der Waals surface area contributed by atoms with E-state index >= 15 is 0 Å². The van der Waals surface area contributed by atoms with Crippen molar-refractivity contribution in [3.05, 3.63) is 52.9 Å². The minimum absolute atomic E-state index is 0.194. The van der Waals surface area contributed by atoms with E-state index in [1.54, 1.807) is 0 Å². The lowest BCUT2D eigenvalue weighted by Gasteiger charge is -1.99. The van der Waals surface area contributed by atoms with Crippen LogP contribution in [0, 0.1) is 0 Å². The van der Waals surface area contributed by atoms with E-state index < -0.39 is 5.97 Å². The summed E-state index contributed by atoms with van der Waals surface area (Å²) in [6, 6.07) is 10.2. The molecule has 2 aliphatic rings. The summed E-state index contributed by atoms with van der Waals surface area (Å²) >= 11 is 0. The van der Waals surface area contributed by atoms with Gasteiger partial charge in [0.25, 0.3) is 0 Å². The molecule has 2 fully saturated rings. The minimum Gasteiger partial charge on any atom is -0.477 e. The van der Waals surface area contributed by atoms with Gasteiger partial charge in [0.15, 0.2) is 5.76 Å². The van der Waals surface area contributed by atoms with Crippen molar-refractivity contribution in [2.24, 2.45) is 0 Å². The Morgan fingerprint density at radius 3 is 2.60 bits per heavy atom. The van der Waals surface area contributed by atoms with E-state index in [1.807, 2.05) is 18.2 Å². The second-order valence-corrected chi connectivity index (χ2v) is 5.75. The molecule has 1 aromatic heterocycles. The Labute approximate surface area is 116 Å². The van der Waals surface area contributed by atoms with Gasteiger partial charge >= 0.3 is 5.97 Å². The van der Waals surface area contributed by atoms with Crippen LogP contribution in [0.1, 0.15) is 64.4 Å². The van der Waals surface area contributed by atoms with Gasteiger partial charge in [-0.15, -0.1) is 0 Å². The first-order valence-electron chi connectivity index (χ1n) is 7.03. The first-order valence-corrected chi connectivity index (χ1v) is 7.03. The van der Waals surface area contributed by atoms with Crippen molar-refractivity contribution in [1.29, 1.82) is 0 Å². The van der Waals surface area contributed by atoms with Gasteiger partial charge in [-0.1, -0.05) is 35.5 Å². The fourth-order valence-electron chi connectivity index (χ4n) is 2.97. The van der Waals surface area contributed by atoms with Crippen molar-refractivity contribution in [3.8, 4) is 0 Å². The molecule has 2 atom stereocenters. The van der Waals surface area contributed by atoms with Crippen LogP contribution in [-0.4, -0.2) is 16.2 Å². The van der Waals surface area contributed by atoms with Gasteiger partial charge in [-0.25, -0.2) is 4.79 Å². The van der Waals surface area contributed by atoms with Crippen molar-refractivity contribution in [3.63, 3.8) is 0 Å². The molecule has 1 N–H and O–H groups in total. The third kappa shape index (κ3) is 1.83. The summed E-state index contributed by atoms with van der Waals surface area (Å²) in [7, 11) is 0. The van der Waals surface area contributed by atoms with Crippen LogP contribution in [-0.2, 0) is 0 Å². The molecule has 1 aromatic carbocycles. The van der Waals surface area contributed by atoms with Gasteiger partial charge < -0.3 is 9.63 Å². The van der Waals surface area contributed by atoms with Crippen molar-refractivity contribution in [2.45, 2.75) is 37.0 Å². The molecule has 1 heterocycles. The lowest BCUT2D eigenvalue weighted by molar-refractivity contribution is 0.0693. The summed E-state index contributed by atoms with van der Waals surface area (Å²) in [6.07, 6.45) is 2.99. The molecule has 2 aromatic rings. The largest absolute Gasteiger partial charge is 0.477 e. The van der Waals surface area contributed by atoms with Crippen LogP contribution in [0.25, 0.3) is 0 Å². The van der Waals surface area contributed by atoms with Gasteiger partial charge in [0.05, 0.1) is 0 Å². The van der Waals surface area contributed by atoms with E-state index in [2.05, 4.69) is 17.3 Å². The first kappa shape index (κ1) is 11.7. The molecule has 4 heteroatoms. The number of rotatable bonds is 4. The topological polar surface area (TPSA) is 63.3 Å². The summed E-state index contributed by atoms with van der Waals surface area (Å²) in [4.78, 5) is 11.5. The summed E-state index contributed by atoms with van der Waals surface area (Å²) in [5.41, 5.74) is 2.23. The molecule has 0 aliphatic heterocycles. The highest BCUT2D eigenvalue weighted by atomic mass is 16.5. The number of carboxylic acid groups (broad SMARTS) is 1. The number of carbonyl (C=O) groups is 1. The van der Waals surface area contributed by atoms with Gasteiger partial charge in [0.2, 0.25) is 0 Å². The summed E-state index contributed by atoms with van der Waals surface area (Å²) in [6.45, 7) is 0. The maximum Gasteiger partial charge on any atom is 0.341 e. The second kappa shape index (κ2) is 4.20. The number of carboxylic acids is 1. The normalized spacial score (nSPS) is 24.6. The zero-order valence-electron chi connectivity index (χ0n) is 11.0. The molecule has 4 rings (SSSR count). The van der Waals surface area contributed by atoms with Crippen LogP contribution in [0.15, 0.2) is 34.9 Å². The van der Waals surface area contributed by atoms with E-state index in [9.17, 15) is 9.90 Å². The number of benzene rings is 1. The molecular formula is C16H15NO3. The van der Waals surface area contributed by atoms with Gasteiger partial charge in [-0.2, -0.15) is 0 Å². The number of hydrogen-bond donors (Lipinski definition) is 1. The quantitative estimate of drug-likeness (QED) is 0.922. The van der Waals surface area contributed by atoms with Gasteiger partial charge in [0.1, 0.15) is 11.3 Å². The molecule has 2 unspecified atom stereocenters. The average Bonchev–Trinajstić information content (AvgIpc) is 3.38. The predicted molar refractivity (Wildman–Crippen MR) is 72.0 cm³/mol. The molecule has 0 radical (unpaired) electrons. The van der Waals surface area contributed by atoms with Crippen molar-refractivity contribution >= 4 is 5.97 Å². The van der Waals surface area contributed by atoms with Crippen LogP contribution < -0.4 is 0 Å². The maximum absolute atomic E-state index is 11.5. The Balaban J connectivity index is 1.66. The van der Waals surface area contributed by atoms with Gasteiger partial charge in [-0.3, -0.25) is 0 Å². The van der Waals surface area contributed by atoms with E-state index in [-0.39, 0.29) is 11.8 Å². The van der Waals surface area contributed by atoms with Gasteiger partial charge in [0, 0.05) is 11.8 Å². The highest BCUT2D eigenvalue weighted by Gasteiger charge is 2.46. The summed E-state index contributed by atoms with van der Waals surface area (Å²) in [5.74, 6) is 0.538. The highest BCUT2D eigenvalue weighted by molar-refractivity contribution is 5.90. The monoisotopic (exact) mass is 269 g/mol.